The Morgan fingerprint density at radius 2 is 2.20 bits per heavy atom. The number of para-hydroxylation sites is 1. The maximum Gasteiger partial charge on any atom is 0.270 e. The predicted octanol–water partition coefficient (Wildman–Crippen LogP) is 2.52. The average Bonchev–Trinajstić information content (AvgIpc) is 2.85. The maximum absolute atomic E-state index is 12.8. The lowest BCUT2D eigenvalue weighted by Crippen LogP contribution is -2.47. The van der Waals surface area contributed by atoms with Crippen LogP contribution in [0.15, 0.2) is 30.3 Å². The van der Waals surface area contributed by atoms with Crippen molar-refractivity contribution >= 4 is 16.8 Å². The third-order valence-electron chi connectivity index (χ3n) is 3.97. The van der Waals surface area contributed by atoms with Gasteiger partial charge in [-0.2, -0.15) is 0 Å². The third kappa shape index (κ3) is 2.10. The molecule has 0 radical (unpaired) electrons. The summed E-state index contributed by atoms with van der Waals surface area (Å²) in [4.78, 5) is 14.7. The van der Waals surface area contributed by atoms with E-state index in [4.69, 9.17) is 4.74 Å². The van der Waals surface area contributed by atoms with Crippen molar-refractivity contribution < 1.29 is 9.53 Å². The average molecular weight is 272 g/mol. The van der Waals surface area contributed by atoms with Crippen LogP contribution < -0.4 is 0 Å². The van der Waals surface area contributed by atoms with Crippen LogP contribution in [0.1, 0.15) is 24.3 Å². The van der Waals surface area contributed by atoms with E-state index in [2.05, 4.69) is 23.6 Å². The van der Waals surface area contributed by atoms with Crippen molar-refractivity contribution in [2.24, 2.45) is 0 Å². The SMILES string of the molecule is CCn1c(C(=O)N2CCOCC2C)cc2ccccc21. The Morgan fingerprint density at radius 1 is 1.40 bits per heavy atom. The summed E-state index contributed by atoms with van der Waals surface area (Å²) in [6.45, 7) is 6.83. The maximum atomic E-state index is 12.8. The zero-order valence-electron chi connectivity index (χ0n) is 12.0. The lowest BCUT2D eigenvalue weighted by Gasteiger charge is -2.33. The standard InChI is InChI=1S/C16H20N2O2/c1-3-17-14-7-5-4-6-13(14)10-15(17)16(19)18-8-9-20-11-12(18)2/h4-7,10,12H,3,8-9,11H2,1-2H3. The Morgan fingerprint density at radius 3 is 2.95 bits per heavy atom. The van der Waals surface area contributed by atoms with Crippen LogP contribution in [0, 0.1) is 0 Å². The Bertz CT molecular complexity index is 632. The number of carbonyl (C=O) groups excluding carboxylic acids is 1. The van der Waals surface area contributed by atoms with Crippen molar-refractivity contribution in [2.45, 2.75) is 26.4 Å². The first kappa shape index (κ1) is 13.2. The Kier molecular flexibility index (Phi) is 3.49. The largest absolute Gasteiger partial charge is 0.377 e. The zero-order valence-corrected chi connectivity index (χ0v) is 12.0. The van der Waals surface area contributed by atoms with Crippen LogP contribution in [0.2, 0.25) is 0 Å². The molecule has 1 aliphatic rings. The number of hydrogen-bond donors (Lipinski definition) is 0. The van der Waals surface area contributed by atoms with Gasteiger partial charge in [0.25, 0.3) is 5.91 Å². The van der Waals surface area contributed by atoms with Gasteiger partial charge < -0.3 is 14.2 Å². The molecule has 0 spiro atoms. The molecule has 1 fully saturated rings. The number of carbonyl (C=O) groups is 1. The van der Waals surface area contributed by atoms with Crippen LogP contribution in [-0.2, 0) is 11.3 Å². The summed E-state index contributed by atoms with van der Waals surface area (Å²) in [6, 6.07) is 10.3. The van der Waals surface area contributed by atoms with E-state index in [9.17, 15) is 4.79 Å². The summed E-state index contributed by atoms with van der Waals surface area (Å²) in [7, 11) is 0. The molecule has 106 valence electrons. The van der Waals surface area contributed by atoms with Gasteiger partial charge in [0.2, 0.25) is 0 Å². The van der Waals surface area contributed by atoms with E-state index < -0.39 is 0 Å². The van der Waals surface area contributed by atoms with Gasteiger partial charge in [-0.15, -0.1) is 0 Å². The molecule has 3 rings (SSSR count). The first-order chi connectivity index (χ1) is 9.72. The molecule has 0 aliphatic carbocycles. The number of fused-ring (bicyclic) bond motifs is 1. The molecule has 0 bridgehead atoms. The molecule has 4 nitrogen and oxygen atoms in total. The highest BCUT2D eigenvalue weighted by Gasteiger charge is 2.27. The minimum absolute atomic E-state index is 0.110. The fraction of sp³-hybridized carbons (Fsp3) is 0.438. The Hall–Kier alpha value is -1.81. The van der Waals surface area contributed by atoms with Crippen LogP contribution in [0.25, 0.3) is 10.9 Å². The second-order valence-electron chi connectivity index (χ2n) is 5.26. The van der Waals surface area contributed by atoms with Gasteiger partial charge in [-0.3, -0.25) is 4.79 Å². The number of hydrogen-bond acceptors (Lipinski definition) is 2. The molecular weight excluding hydrogens is 252 g/mol. The van der Waals surface area contributed by atoms with Crippen molar-refractivity contribution in [3.8, 4) is 0 Å². The summed E-state index contributed by atoms with van der Waals surface area (Å²) in [5, 5.41) is 1.12. The van der Waals surface area contributed by atoms with Gasteiger partial charge in [0, 0.05) is 24.0 Å². The molecule has 2 aromatic rings. The summed E-state index contributed by atoms with van der Waals surface area (Å²) < 4.78 is 7.51. The molecule has 0 saturated carbocycles. The first-order valence-corrected chi connectivity index (χ1v) is 7.19. The van der Waals surface area contributed by atoms with E-state index in [0.29, 0.717) is 19.8 Å². The second kappa shape index (κ2) is 5.29. The molecule has 1 saturated heterocycles. The molecule has 1 atom stereocenters. The first-order valence-electron chi connectivity index (χ1n) is 7.19. The van der Waals surface area contributed by atoms with Crippen LogP contribution in [0.4, 0.5) is 0 Å². The van der Waals surface area contributed by atoms with Crippen molar-refractivity contribution in [1.29, 1.82) is 0 Å². The molecule has 0 N–H and O–H groups in total. The number of benzene rings is 1. The van der Waals surface area contributed by atoms with Gasteiger partial charge >= 0.3 is 0 Å². The molecule has 1 aliphatic heterocycles. The van der Waals surface area contributed by atoms with Gasteiger partial charge in [0.05, 0.1) is 19.3 Å². The lowest BCUT2D eigenvalue weighted by atomic mass is 10.2. The highest BCUT2D eigenvalue weighted by atomic mass is 16.5. The predicted molar refractivity (Wildman–Crippen MR) is 78.9 cm³/mol. The van der Waals surface area contributed by atoms with Crippen molar-refractivity contribution in [3.05, 3.63) is 36.0 Å². The Labute approximate surface area is 118 Å². The van der Waals surface area contributed by atoms with Gasteiger partial charge in [0.1, 0.15) is 5.69 Å². The van der Waals surface area contributed by atoms with E-state index in [1.165, 1.54) is 0 Å². The van der Waals surface area contributed by atoms with Crippen molar-refractivity contribution in [1.82, 2.24) is 9.47 Å². The number of aromatic nitrogens is 1. The van der Waals surface area contributed by atoms with Crippen molar-refractivity contribution in [2.75, 3.05) is 19.8 Å². The number of morpholine rings is 1. The third-order valence-corrected chi connectivity index (χ3v) is 3.97. The molecular formula is C16H20N2O2. The van der Waals surface area contributed by atoms with Gasteiger partial charge in [-0.25, -0.2) is 0 Å². The molecule has 1 amide bonds. The highest BCUT2D eigenvalue weighted by Crippen LogP contribution is 2.22. The van der Waals surface area contributed by atoms with Gasteiger partial charge in [-0.1, -0.05) is 18.2 Å². The highest BCUT2D eigenvalue weighted by molar-refractivity contribution is 5.99. The molecule has 1 unspecified atom stereocenters. The van der Waals surface area contributed by atoms with E-state index in [0.717, 1.165) is 23.1 Å². The molecule has 2 heterocycles. The number of rotatable bonds is 2. The van der Waals surface area contributed by atoms with Crippen LogP contribution >= 0.6 is 0 Å². The van der Waals surface area contributed by atoms with Gasteiger partial charge in [0.15, 0.2) is 0 Å². The summed E-state index contributed by atoms with van der Waals surface area (Å²) >= 11 is 0. The minimum atomic E-state index is 0.110. The fourth-order valence-corrected chi connectivity index (χ4v) is 2.90. The smallest absolute Gasteiger partial charge is 0.270 e. The van der Waals surface area contributed by atoms with E-state index >= 15 is 0 Å². The van der Waals surface area contributed by atoms with E-state index in [1.807, 2.05) is 30.0 Å². The molecule has 1 aromatic carbocycles. The summed E-state index contributed by atoms with van der Waals surface area (Å²) in [6.07, 6.45) is 0. The number of ether oxygens (including phenoxy) is 1. The lowest BCUT2D eigenvalue weighted by molar-refractivity contribution is 0.00305. The molecule has 1 aromatic heterocycles. The topological polar surface area (TPSA) is 34.5 Å². The molecule has 20 heavy (non-hydrogen) atoms. The summed E-state index contributed by atoms with van der Waals surface area (Å²) in [5.74, 6) is 0.110. The number of nitrogens with zero attached hydrogens (tertiary/aromatic N) is 2. The van der Waals surface area contributed by atoms with Crippen LogP contribution in [0.3, 0.4) is 0 Å². The molecule has 4 heteroatoms. The van der Waals surface area contributed by atoms with E-state index in [1.54, 1.807) is 0 Å². The fourth-order valence-electron chi connectivity index (χ4n) is 2.90. The minimum Gasteiger partial charge on any atom is -0.377 e. The van der Waals surface area contributed by atoms with Crippen LogP contribution in [0.5, 0.6) is 0 Å². The van der Waals surface area contributed by atoms with Gasteiger partial charge in [-0.05, 0) is 26.0 Å². The quantitative estimate of drug-likeness (QED) is 0.842. The second-order valence-corrected chi connectivity index (χ2v) is 5.26. The normalized spacial score (nSPS) is 19.5. The van der Waals surface area contributed by atoms with Crippen molar-refractivity contribution in [3.63, 3.8) is 0 Å². The Balaban J connectivity index is 2.02. The zero-order chi connectivity index (χ0) is 14.1. The van der Waals surface area contributed by atoms with E-state index in [-0.39, 0.29) is 11.9 Å². The monoisotopic (exact) mass is 272 g/mol. The number of amides is 1. The number of aryl methyl sites for hydroxylation is 1. The van der Waals surface area contributed by atoms with Crippen LogP contribution in [-0.4, -0.2) is 41.2 Å². The summed E-state index contributed by atoms with van der Waals surface area (Å²) in [5.41, 5.74) is 1.90.